The van der Waals surface area contributed by atoms with Gasteiger partial charge in [-0.3, -0.25) is 9.36 Å². The summed E-state index contributed by atoms with van der Waals surface area (Å²) in [5.74, 6) is -1.87. The molecule has 0 saturated carbocycles. The van der Waals surface area contributed by atoms with Crippen LogP contribution in [0.3, 0.4) is 0 Å². The van der Waals surface area contributed by atoms with Crippen LogP contribution < -0.4 is 5.32 Å². The van der Waals surface area contributed by atoms with Crippen molar-refractivity contribution in [3.63, 3.8) is 0 Å². The van der Waals surface area contributed by atoms with E-state index in [0.717, 1.165) is 22.3 Å². The second-order valence-corrected chi connectivity index (χ2v) is 14.4. The van der Waals surface area contributed by atoms with Gasteiger partial charge in [0.15, 0.2) is 0 Å². The van der Waals surface area contributed by atoms with Crippen LogP contribution in [0.1, 0.15) is 52.2 Å². The van der Waals surface area contributed by atoms with Crippen molar-refractivity contribution in [2.24, 2.45) is 11.8 Å². The number of carbonyl (C=O) groups excluding carboxylic acids is 2. The summed E-state index contributed by atoms with van der Waals surface area (Å²) in [5.41, 5.74) is 3.29. The highest BCUT2D eigenvalue weighted by Gasteiger charge is 2.35. The Bertz CT molecular complexity index is 1300. The van der Waals surface area contributed by atoms with Gasteiger partial charge in [0.1, 0.15) is 11.6 Å². The molecule has 0 aliphatic heterocycles. The van der Waals surface area contributed by atoms with Crippen molar-refractivity contribution in [3.8, 4) is 11.1 Å². The van der Waals surface area contributed by atoms with Gasteiger partial charge in [-0.15, -0.1) is 0 Å². The van der Waals surface area contributed by atoms with E-state index >= 15 is 0 Å². The van der Waals surface area contributed by atoms with Gasteiger partial charge < -0.3 is 14.9 Å². The molecular weight excluding hydrogens is 533 g/mol. The molecule has 220 valence electrons. The second kappa shape index (κ2) is 14.6. The molecule has 4 atom stereocenters. The summed E-state index contributed by atoms with van der Waals surface area (Å²) in [6.45, 7) is 9.21. The maximum atomic E-state index is 13.7. The number of benzene rings is 3. The Hall–Kier alpha value is -3.21. The molecule has 0 aromatic heterocycles. The van der Waals surface area contributed by atoms with Gasteiger partial charge in [0.05, 0.1) is 5.92 Å². The molecule has 0 radical (unpaired) electrons. The Balaban J connectivity index is 1.83. The van der Waals surface area contributed by atoms with E-state index in [0.29, 0.717) is 12.8 Å². The summed E-state index contributed by atoms with van der Waals surface area (Å²) < 4.78 is 19.0. The minimum atomic E-state index is -3.67. The molecular formula is C34H44NO5P. The van der Waals surface area contributed by atoms with Gasteiger partial charge in [0, 0.05) is 12.3 Å². The van der Waals surface area contributed by atoms with Crippen molar-refractivity contribution in [1.29, 1.82) is 0 Å². The van der Waals surface area contributed by atoms with Gasteiger partial charge in [0.25, 0.3) is 0 Å². The van der Waals surface area contributed by atoms with Crippen molar-refractivity contribution >= 4 is 19.2 Å². The molecule has 3 aromatic carbocycles. The van der Waals surface area contributed by atoms with E-state index in [9.17, 15) is 19.0 Å². The fraction of sp³-hybridized carbons (Fsp3) is 0.412. The predicted molar refractivity (Wildman–Crippen MR) is 166 cm³/mol. The van der Waals surface area contributed by atoms with Crippen LogP contribution in [0.25, 0.3) is 11.1 Å². The molecule has 0 spiro atoms. The molecule has 0 heterocycles. The van der Waals surface area contributed by atoms with E-state index in [2.05, 4.69) is 5.32 Å². The van der Waals surface area contributed by atoms with E-state index in [4.69, 9.17) is 4.74 Å². The minimum absolute atomic E-state index is 0.0780. The second-order valence-electron chi connectivity index (χ2n) is 11.9. The first-order valence-corrected chi connectivity index (χ1v) is 16.4. The minimum Gasteiger partial charge on any atom is -0.458 e. The van der Waals surface area contributed by atoms with Crippen LogP contribution in [-0.4, -0.2) is 40.7 Å². The standard InChI is InChI=1S/C34H44NO5P/c1-6-25(2)31(33(37)40-34(3,4)5)35-32(36)30(24-41(38,39)22-21-26-13-9-7-10-14-26)23-27-17-19-29(20-18-27)28-15-11-8-12-16-28/h7-20,25,30-31H,6,21-24H2,1-5H3,(H,35,36)(H,38,39)/t25-,30?,31+/m1/s1. The third kappa shape index (κ3) is 10.6. The first-order chi connectivity index (χ1) is 19.4. The van der Waals surface area contributed by atoms with Crippen molar-refractivity contribution in [2.75, 3.05) is 12.3 Å². The SMILES string of the molecule is CC[C@@H](C)[C@H](NC(=O)C(Cc1ccc(-c2ccccc2)cc1)CP(=O)(O)CCc1ccccc1)C(=O)OC(C)(C)C. The number of ether oxygens (including phenoxy) is 1. The number of hydrogen-bond acceptors (Lipinski definition) is 4. The molecule has 0 bridgehead atoms. The number of nitrogens with one attached hydrogen (secondary N) is 1. The highest BCUT2D eigenvalue weighted by Crippen LogP contribution is 2.44. The van der Waals surface area contributed by atoms with E-state index < -0.39 is 36.8 Å². The zero-order valence-corrected chi connectivity index (χ0v) is 25.8. The lowest BCUT2D eigenvalue weighted by Gasteiger charge is -2.29. The number of aryl methyl sites for hydroxylation is 1. The number of hydrogen-bond donors (Lipinski definition) is 2. The fourth-order valence-corrected chi connectivity index (χ4v) is 6.45. The molecule has 3 aromatic rings. The summed E-state index contributed by atoms with van der Waals surface area (Å²) >= 11 is 0. The lowest BCUT2D eigenvalue weighted by atomic mass is 9.95. The monoisotopic (exact) mass is 577 g/mol. The molecule has 6 nitrogen and oxygen atoms in total. The molecule has 7 heteroatoms. The van der Waals surface area contributed by atoms with Crippen molar-refractivity contribution in [1.82, 2.24) is 5.32 Å². The molecule has 0 saturated heterocycles. The largest absolute Gasteiger partial charge is 0.458 e. The maximum absolute atomic E-state index is 13.7. The van der Waals surface area contributed by atoms with Gasteiger partial charge in [-0.2, -0.15) is 0 Å². The van der Waals surface area contributed by atoms with E-state index in [1.54, 1.807) is 20.8 Å². The lowest BCUT2D eigenvalue weighted by Crippen LogP contribution is -2.50. The molecule has 0 aliphatic carbocycles. The summed E-state index contributed by atoms with van der Waals surface area (Å²) in [7, 11) is -3.67. The zero-order valence-electron chi connectivity index (χ0n) is 24.9. The van der Waals surface area contributed by atoms with Gasteiger partial charge in [-0.1, -0.05) is 105 Å². The van der Waals surface area contributed by atoms with Crippen LogP contribution in [0.5, 0.6) is 0 Å². The van der Waals surface area contributed by atoms with E-state index in [-0.39, 0.29) is 24.7 Å². The van der Waals surface area contributed by atoms with Crippen LogP contribution in [0.4, 0.5) is 0 Å². The van der Waals surface area contributed by atoms with Crippen LogP contribution in [0.15, 0.2) is 84.9 Å². The molecule has 1 amide bonds. The van der Waals surface area contributed by atoms with Gasteiger partial charge in [-0.05, 0) is 61.8 Å². The van der Waals surface area contributed by atoms with Crippen molar-refractivity contribution in [2.45, 2.75) is 65.5 Å². The first kappa shape index (κ1) is 32.3. The Morgan fingerprint density at radius 1 is 0.878 bits per heavy atom. The maximum Gasteiger partial charge on any atom is 0.329 e. The summed E-state index contributed by atoms with van der Waals surface area (Å²) in [4.78, 5) is 37.8. The normalized spacial score (nSPS) is 15.3. The Labute approximate surface area is 245 Å². The van der Waals surface area contributed by atoms with E-state index in [1.807, 2.05) is 98.8 Å². The molecule has 2 unspecified atom stereocenters. The third-order valence-electron chi connectivity index (χ3n) is 7.18. The Kier molecular flexibility index (Phi) is 11.5. The Morgan fingerprint density at radius 2 is 1.44 bits per heavy atom. The van der Waals surface area contributed by atoms with Gasteiger partial charge in [-0.25, -0.2) is 4.79 Å². The topological polar surface area (TPSA) is 92.7 Å². The summed E-state index contributed by atoms with van der Waals surface area (Å²) in [6, 6.07) is 26.6. The number of amides is 1. The van der Waals surface area contributed by atoms with Crippen LogP contribution in [-0.2, 0) is 31.7 Å². The van der Waals surface area contributed by atoms with E-state index in [1.165, 1.54) is 0 Å². The fourth-order valence-electron chi connectivity index (χ4n) is 4.68. The van der Waals surface area contributed by atoms with Crippen molar-refractivity contribution < 1.29 is 23.8 Å². The zero-order chi connectivity index (χ0) is 30.0. The molecule has 0 fully saturated rings. The summed E-state index contributed by atoms with van der Waals surface area (Å²) in [6.07, 6.45) is 1.29. The quantitative estimate of drug-likeness (QED) is 0.170. The van der Waals surface area contributed by atoms with Crippen LogP contribution >= 0.6 is 7.37 Å². The molecule has 3 rings (SSSR count). The van der Waals surface area contributed by atoms with Crippen LogP contribution in [0, 0.1) is 11.8 Å². The molecule has 0 aliphatic rings. The average Bonchev–Trinajstić information content (AvgIpc) is 2.94. The molecule has 41 heavy (non-hydrogen) atoms. The lowest BCUT2D eigenvalue weighted by molar-refractivity contribution is -0.160. The predicted octanol–water partition coefficient (Wildman–Crippen LogP) is 6.90. The smallest absolute Gasteiger partial charge is 0.329 e. The number of esters is 1. The average molecular weight is 578 g/mol. The third-order valence-corrected chi connectivity index (χ3v) is 9.12. The summed E-state index contributed by atoms with van der Waals surface area (Å²) in [5, 5.41) is 2.90. The van der Waals surface area contributed by atoms with Crippen molar-refractivity contribution in [3.05, 3.63) is 96.1 Å². The number of rotatable bonds is 13. The van der Waals surface area contributed by atoms with Crippen LogP contribution in [0.2, 0.25) is 0 Å². The Morgan fingerprint density at radius 3 is 2.00 bits per heavy atom. The first-order valence-electron chi connectivity index (χ1n) is 14.4. The number of carbonyl (C=O) groups is 2. The highest BCUT2D eigenvalue weighted by atomic mass is 31.2. The highest BCUT2D eigenvalue weighted by molar-refractivity contribution is 7.58. The molecule has 2 N–H and O–H groups in total. The van der Waals surface area contributed by atoms with Gasteiger partial charge in [0.2, 0.25) is 13.3 Å². The van der Waals surface area contributed by atoms with Gasteiger partial charge >= 0.3 is 5.97 Å².